The van der Waals surface area contributed by atoms with E-state index in [1.807, 2.05) is 0 Å². The van der Waals surface area contributed by atoms with Crippen LogP contribution in [0.1, 0.15) is 0 Å². The average Bonchev–Trinajstić information content (AvgIpc) is 0. The molecule has 5 heteroatoms. The van der Waals surface area contributed by atoms with Crippen molar-refractivity contribution in [2.75, 3.05) is 0 Å². The van der Waals surface area contributed by atoms with Crippen molar-refractivity contribution in [3.8, 4) is 0 Å². The molecule has 1 N–H and O–H groups in total. The second kappa shape index (κ2) is 24.4. The zero-order chi connectivity index (χ0) is 0. The van der Waals surface area contributed by atoms with Gasteiger partial charge >= 0.3 is 88.3 Å². The molecule has 0 atom stereocenters. The van der Waals surface area contributed by atoms with Gasteiger partial charge in [-0.05, 0) is 0 Å². The maximum atomic E-state index is 0. The van der Waals surface area contributed by atoms with Gasteiger partial charge in [0.1, 0.15) is 0 Å². The Morgan fingerprint density at radius 3 is 1.00 bits per heavy atom. The minimum atomic E-state index is 0. The molecule has 0 aliphatic carbocycles. The van der Waals surface area contributed by atoms with Crippen LogP contribution >= 0.6 is 0 Å². The Kier molecular flexibility index (Phi) is 175. The quantitative estimate of drug-likeness (QED) is 0.433. The van der Waals surface area contributed by atoms with Crippen molar-refractivity contribution in [2.24, 2.45) is 0 Å². The van der Waals surface area contributed by atoms with E-state index >= 15 is 0 Å². The molecule has 0 aromatic heterocycles. The van der Waals surface area contributed by atoms with E-state index in [1.54, 1.807) is 0 Å². The van der Waals surface area contributed by atoms with E-state index in [1.165, 1.54) is 0 Å². The van der Waals surface area contributed by atoms with Gasteiger partial charge in [-0.2, -0.15) is 0 Å². The first-order valence-electron chi connectivity index (χ1n) is 0. The van der Waals surface area contributed by atoms with E-state index in [0.717, 1.165) is 0 Å². The molecule has 0 rings (SSSR count). The molecule has 1 radical (unpaired) electrons. The average molecular weight is 344 g/mol. The second-order valence-electron chi connectivity index (χ2n) is 0. The fourth-order valence-electron chi connectivity index (χ4n) is 0. The van der Waals surface area contributed by atoms with Crippen molar-refractivity contribution in [1.82, 2.24) is 0 Å². The van der Waals surface area contributed by atoms with Gasteiger partial charge in [0.25, 0.3) is 0 Å². The fourth-order valence-corrected chi connectivity index (χ4v) is 0. The van der Waals surface area contributed by atoms with Crippen molar-refractivity contribution < 1.29 is 41.1 Å². The standard InChI is InChI=1S/Ga.La.Mg.H2O.Sr.6H/h;;;1H2;;;;;;;/q;;+1;;;;;;;;/p-1. The zero-order valence-electron chi connectivity index (χ0n) is 2.02. The third kappa shape index (κ3) is 18.0. The van der Waals surface area contributed by atoms with E-state index in [2.05, 4.69) is 0 Å². The van der Waals surface area contributed by atoms with Crippen molar-refractivity contribution in [1.29, 1.82) is 0 Å². The summed E-state index contributed by atoms with van der Waals surface area (Å²) in [6.07, 6.45) is 0. The van der Waals surface area contributed by atoms with E-state index in [-0.39, 0.29) is 129 Å². The van der Waals surface area contributed by atoms with Gasteiger partial charge < -0.3 is 5.48 Å². The van der Waals surface area contributed by atoms with Crippen LogP contribution in [0.3, 0.4) is 0 Å². The van der Waals surface area contributed by atoms with Gasteiger partial charge in [-0.1, -0.05) is 0 Å². The monoisotopic (exact) mass is 343 g/mol. The second-order valence-corrected chi connectivity index (χ2v) is 0. The summed E-state index contributed by atoms with van der Waals surface area (Å²) in [5.74, 6) is 0. The summed E-state index contributed by atoms with van der Waals surface area (Å²) in [7, 11) is 0. The van der Waals surface area contributed by atoms with Crippen LogP contribution in [0.2, 0.25) is 0 Å². The Hall–Kier alpha value is 4.04. The molecule has 0 amide bonds. The first kappa shape index (κ1) is 35.8. The Bertz CT molecular complexity index is 11.6. The predicted octanol–water partition coefficient (Wildman–Crippen LogP) is -2.93. The van der Waals surface area contributed by atoms with Crippen LogP contribution < -0.4 is 0 Å². The molecule has 0 aliphatic heterocycles. The number of rotatable bonds is 0. The Morgan fingerprint density at radius 2 is 1.00 bits per heavy atom. The normalized spacial score (nSPS) is 0. The van der Waals surface area contributed by atoms with Crippen molar-refractivity contribution in [3.05, 3.63) is 0 Å². The molecule has 0 saturated carbocycles. The summed E-state index contributed by atoms with van der Waals surface area (Å²) >= 11 is 0. The molecule has 0 fully saturated rings. The predicted molar refractivity (Wildman–Crippen MR) is 27.6 cm³/mol. The first-order valence-corrected chi connectivity index (χ1v) is 0. The third-order valence-corrected chi connectivity index (χ3v) is 0. The number of hydrogen-bond acceptors (Lipinski definition) is 1. The van der Waals surface area contributed by atoms with Crippen LogP contribution in [0.5, 0.6) is 0 Å². The van der Waals surface area contributed by atoms with Crippen LogP contribution in [0.4, 0.5) is 0 Å². The SMILES string of the molecule is [GaH3].[La].[MgH+].[OH-].[SrH2]. The van der Waals surface area contributed by atoms with E-state index < -0.39 is 0 Å². The Balaban J connectivity index is 0. The van der Waals surface area contributed by atoms with Gasteiger partial charge in [-0.15, -0.1) is 0 Å². The molecular weight excluding hydrogens is 337 g/mol. The Morgan fingerprint density at radius 1 is 1.00 bits per heavy atom. The summed E-state index contributed by atoms with van der Waals surface area (Å²) in [6, 6.07) is 0. The van der Waals surface area contributed by atoms with E-state index in [9.17, 15) is 0 Å². The summed E-state index contributed by atoms with van der Waals surface area (Å²) in [6.45, 7) is 0. The molecule has 0 heterocycles. The topological polar surface area (TPSA) is 30.0 Å². The van der Waals surface area contributed by atoms with Crippen molar-refractivity contribution in [2.45, 2.75) is 0 Å². The molecule has 0 bridgehead atoms. The molecule has 23 valence electrons. The molecular formula is H7GaLaMgOSr. The van der Waals surface area contributed by atoms with Gasteiger partial charge in [0.2, 0.25) is 0 Å². The summed E-state index contributed by atoms with van der Waals surface area (Å²) in [5.41, 5.74) is 0. The molecule has 1 nitrogen and oxygen atoms in total. The fraction of sp³-hybridized carbons (Fsp3) is 0. The van der Waals surface area contributed by atoms with Gasteiger partial charge in [-0.25, -0.2) is 0 Å². The zero-order valence-corrected chi connectivity index (χ0v) is 7.65. The van der Waals surface area contributed by atoms with Gasteiger partial charge in [-0.3, -0.25) is 0 Å². The molecule has 0 unspecified atom stereocenters. The van der Waals surface area contributed by atoms with Crippen LogP contribution in [0, 0.1) is 35.6 Å². The van der Waals surface area contributed by atoms with Crippen molar-refractivity contribution >= 4 is 88.3 Å². The molecule has 0 aromatic rings. The van der Waals surface area contributed by atoms with Crippen LogP contribution in [0.25, 0.3) is 0 Å². The maximum absolute atomic E-state index is 0. The first-order chi connectivity index (χ1) is 0. The Labute approximate surface area is 126 Å². The number of hydrogen-bond donors (Lipinski definition) is 0. The third-order valence-electron chi connectivity index (χ3n) is 0. The summed E-state index contributed by atoms with van der Waals surface area (Å²) in [4.78, 5) is 0. The van der Waals surface area contributed by atoms with Crippen LogP contribution in [-0.4, -0.2) is 93.8 Å². The molecule has 0 aromatic carbocycles. The molecule has 0 aliphatic rings. The van der Waals surface area contributed by atoms with Crippen LogP contribution in [-0.2, 0) is 0 Å². The minimum absolute atomic E-state index is 0. The summed E-state index contributed by atoms with van der Waals surface area (Å²) < 4.78 is 0. The summed E-state index contributed by atoms with van der Waals surface area (Å²) in [5, 5.41) is 0. The van der Waals surface area contributed by atoms with Crippen LogP contribution in [0.15, 0.2) is 0 Å². The molecule has 0 saturated heterocycles. The van der Waals surface area contributed by atoms with E-state index in [0.29, 0.717) is 0 Å². The van der Waals surface area contributed by atoms with Crippen molar-refractivity contribution in [3.63, 3.8) is 0 Å². The van der Waals surface area contributed by atoms with Gasteiger partial charge in [0, 0.05) is 35.6 Å². The van der Waals surface area contributed by atoms with Gasteiger partial charge in [0.05, 0.1) is 0 Å². The molecule has 0 spiro atoms. The molecule has 5 heavy (non-hydrogen) atoms. The van der Waals surface area contributed by atoms with Gasteiger partial charge in [0.15, 0.2) is 0 Å². The van der Waals surface area contributed by atoms with E-state index in [4.69, 9.17) is 0 Å².